The van der Waals surface area contributed by atoms with E-state index in [4.69, 9.17) is 27.6 Å². The van der Waals surface area contributed by atoms with Crippen LogP contribution in [0.15, 0.2) is 88.4 Å². The van der Waals surface area contributed by atoms with Crippen LogP contribution in [-0.2, 0) is 0 Å². The molecule has 3 nitrogen and oxygen atoms in total. The van der Waals surface area contributed by atoms with Crippen molar-refractivity contribution in [2.75, 3.05) is 5.43 Å². The molecule has 0 saturated carbocycles. The van der Waals surface area contributed by atoms with E-state index in [9.17, 15) is 0 Å². The van der Waals surface area contributed by atoms with Crippen molar-refractivity contribution in [2.45, 2.75) is 0 Å². The first kappa shape index (κ1) is 16.7. The molecule has 0 amide bonds. The van der Waals surface area contributed by atoms with Crippen LogP contribution in [0.2, 0.25) is 10.0 Å². The van der Waals surface area contributed by atoms with Gasteiger partial charge in [0, 0.05) is 27.1 Å². The van der Waals surface area contributed by atoms with Gasteiger partial charge in [-0.1, -0.05) is 41.4 Å². The van der Waals surface area contributed by atoms with Gasteiger partial charge in [0.1, 0.15) is 11.3 Å². The highest BCUT2D eigenvalue weighted by Crippen LogP contribution is 2.25. The number of hydrogen-bond donors (Lipinski definition) is 1. The molecule has 0 aliphatic carbocycles. The topological polar surface area (TPSA) is 37.5 Å². The molecule has 26 heavy (non-hydrogen) atoms. The summed E-state index contributed by atoms with van der Waals surface area (Å²) < 4.78 is 6.05. The Morgan fingerprint density at radius 1 is 0.769 bits per heavy atom. The van der Waals surface area contributed by atoms with E-state index in [1.54, 1.807) is 6.07 Å². The average Bonchev–Trinajstić information content (AvgIpc) is 2.67. The lowest BCUT2D eigenvalue weighted by Crippen LogP contribution is -2.07. The maximum Gasteiger partial charge on any atom is 0.137 e. The van der Waals surface area contributed by atoms with Crippen LogP contribution in [-0.4, -0.2) is 0 Å². The van der Waals surface area contributed by atoms with Gasteiger partial charge in [0.15, 0.2) is 0 Å². The number of anilines is 1. The van der Waals surface area contributed by atoms with Gasteiger partial charge in [-0.2, -0.15) is 5.10 Å². The van der Waals surface area contributed by atoms with Crippen molar-refractivity contribution in [2.24, 2.45) is 5.10 Å². The monoisotopic (exact) mass is 380 g/mol. The van der Waals surface area contributed by atoms with E-state index in [1.807, 2.05) is 72.8 Å². The normalized spacial score (nSPS) is 11.7. The molecule has 0 aliphatic rings. The van der Waals surface area contributed by atoms with E-state index in [-0.39, 0.29) is 0 Å². The second-order valence-corrected chi connectivity index (χ2v) is 6.61. The van der Waals surface area contributed by atoms with Crippen LogP contribution in [0.3, 0.4) is 0 Å². The van der Waals surface area contributed by atoms with Gasteiger partial charge >= 0.3 is 0 Å². The van der Waals surface area contributed by atoms with E-state index in [2.05, 4.69) is 10.5 Å². The van der Waals surface area contributed by atoms with E-state index < -0.39 is 0 Å². The number of rotatable bonds is 3. The van der Waals surface area contributed by atoms with Gasteiger partial charge in [-0.25, -0.2) is 0 Å². The van der Waals surface area contributed by atoms with E-state index in [0.29, 0.717) is 21.4 Å². The van der Waals surface area contributed by atoms with Gasteiger partial charge in [0.05, 0.1) is 11.0 Å². The molecule has 128 valence electrons. The van der Waals surface area contributed by atoms with Gasteiger partial charge < -0.3 is 4.42 Å². The predicted molar refractivity (Wildman–Crippen MR) is 107 cm³/mol. The minimum atomic E-state index is 0.628. The highest BCUT2D eigenvalue weighted by Gasteiger charge is 2.07. The summed E-state index contributed by atoms with van der Waals surface area (Å²) in [4.78, 5) is 0. The maximum atomic E-state index is 6.16. The first-order valence-corrected chi connectivity index (χ1v) is 8.79. The lowest BCUT2D eigenvalue weighted by molar-refractivity contribution is 0.618. The first-order chi connectivity index (χ1) is 12.7. The van der Waals surface area contributed by atoms with E-state index in [1.165, 1.54) is 0 Å². The first-order valence-electron chi connectivity index (χ1n) is 8.03. The van der Waals surface area contributed by atoms with Crippen LogP contribution in [0.25, 0.3) is 22.3 Å². The summed E-state index contributed by atoms with van der Waals surface area (Å²) in [7, 11) is 0. The standard InChI is InChI=1S/C21H14Cl2N2O/c22-15-8-6-14(7-9-15)21-13-19(25-24-17-4-2-1-3-5-17)18-12-16(23)10-11-20(18)26-21/h1-13,24H/b25-19+. The predicted octanol–water partition coefficient (Wildman–Crippen LogP) is 6.33. The average molecular weight is 381 g/mol. The zero-order valence-electron chi connectivity index (χ0n) is 13.6. The van der Waals surface area contributed by atoms with Crippen molar-refractivity contribution in [3.8, 4) is 11.3 Å². The third kappa shape index (κ3) is 3.59. The maximum absolute atomic E-state index is 6.16. The lowest BCUT2D eigenvalue weighted by atomic mass is 10.1. The molecule has 0 saturated heterocycles. The third-order valence-corrected chi connectivity index (χ3v) is 4.40. The number of fused-ring (bicyclic) bond motifs is 1. The van der Waals surface area contributed by atoms with Gasteiger partial charge in [0.2, 0.25) is 0 Å². The molecule has 1 heterocycles. The fraction of sp³-hybridized carbons (Fsp3) is 0. The Labute approximate surface area is 160 Å². The molecule has 0 aliphatic heterocycles. The summed E-state index contributed by atoms with van der Waals surface area (Å²) in [5, 5.41) is 7.43. The molecular formula is C21H14Cl2N2O. The molecule has 3 aromatic carbocycles. The second-order valence-electron chi connectivity index (χ2n) is 5.73. The fourth-order valence-corrected chi connectivity index (χ4v) is 2.93. The minimum absolute atomic E-state index is 0.628. The summed E-state index contributed by atoms with van der Waals surface area (Å²) >= 11 is 12.2. The number of nitrogens with one attached hydrogen (secondary N) is 1. The molecular weight excluding hydrogens is 367 g/mol. The summed E-state index contributed by atoms with van der Waals surface area (Å²) in [6.45, 7) is 0. The van der Waals surface area contributed by atoms with Crippen LogP contribution in [0.1, 0.15) is 0 Å². The molecule has 0 fully saturated rings. The van der Waals surface area contributed by atoms with Crippen LogP contribution < -0.4 is 10.8 Å². The fourth-order valence-electron chi connectivity index (χ4n) is 2.63. The Morgan fingerprint density at radius 3 is 2.27 bits per heavy atom. The largest absolute Gasteiger partial charge is 0.456 e. The van der Waals surface area contributed by atoms with Crippen molar-refractivity contribution in [1.82, 2.24) is 0 Å². The van der Waals surface area contributed by atoms with Crippen LogP contribution >= 0.6 is 23.2 Å². The number of nitrogens with zero attached hydrogens (tertiary/aromatic N) is 1. The summed E-state index contributed by atoms with van der Waals surface area (Å²) in [6.07, 6.45) is 0. The molecule has 0 bridgehead atoms. The van der Waals surface area contributed by atoms with Gasteiger partial charge in [-0.3, -0.25) is 5.43 Å². The highest BCUT2D eigenvalue weighted by molar-refractivity contribution is 6.31. The summed E-state index contributed by atoms with van der Waals surface area (Å²) in [6, 6.07) is 24.6. The molecule has 0 atom stereocenters. The molecule has 0 unspecified atom stereocenters. The molecule has 4 rings (SSSR count). The van der Waals surface area contributed by atoms with Crippen molar-refractivity contribution in [3.63, 3.8) is 0 Å². The van der Waals surface area contributed by atoms with Crippen LogP contribution in [0.5, 0.6) is 0 Å². The molecule has 0 spiro atoms. The number of halogens is 2. The minimum Gasteiger partial charge on any atom is -0.456 e. The Kier molecular flexibility index (Phi) is 4.65. The Bertz CT molecular complexity index is 1120. The number of hydrogen-bond acceptors (Lipinski definition) is 3. The van der Waals surface area contributed by atoms with Crippen molar-refractivity contribution in [3.05, 3.63) is 94.3 Å². The summed E-state index contributed by atoms with van der Waals surface area (Å²) in [5.41, 5.74) is 5.60. The van der Waals surface area contributed by atoms with Gasteiger partial charge in [-0.15, -0.1) is 0 Å². The SMILES string of the molecule is Clc1ccc(-c2c/c(=N\Nc3ccccc3)c3cc(Cl)ccc3o2)cc1. The Balaban J connectivity index is 1.88. The van der Waals surface area contributed by atoms with Crippen LogP contribution in [0.4, 0.5) is 5.69 Å². The Morgan fingerprint density at radius 2 is 1.50 bits per heavy atom. The zero-order chi connectivity index (χ0) is 17.9. The molecule has 4 aromatic rings. The molecule has 0 radical (unpaired) electrons. The molecule has 1 N–H and O–H groups in total. The van der Waals surface area contributed by atoms with Gasteiger partial charge in [-0.05, 0) is 54.6 Å². The number of para-hydroxylation sites is 1. The summed E-state index contributed by atoms with van der Waals surface area (Å²) in [5.74, 6) is 0.699. The number of benzene rings is 3. The zero-order valence-corrected chi connectivity index (χ0v) is 15.1. The molecule has 1 aromatic heterocycles. The van der Waals surface area contributed by atoms with Crippen molar-refractivity contribution in [1.29, 1.82) is 0 Å². The smallest absolute Gasteiger partial charge is 0.137 e. The van der Waals surface area contributed by atoms with Crippen molar-refractivity contribution < 1.29 is 4.42 Å². The van der Waals surface area contributed by atoms with E-state index in [0.717, 1.165) is 22.0 Å². The van der Waals surface area contributed by atoms with Crippen LogP contribution in [0, 0.1) is 0 Å². The third-order valence-electron chi connectivity index (χ3n) is 3.91. The Hall–Kier alpha value is -2.75. The second kappa shape index (κ2) is 7.24. The quantitative estimate of drug-likeness (QED) is 0.421. The van der Waals surface area contributed by atoms with Gasteiger partial charge in [0.25, 0.3) is 0 Å². The van der Waals surface area contributed by atoms with E-state index >= 15 is 0 Å². The lowest BCUT2D eigenvalue weighted by Gasteiger charge is -2.06. The molecule has 5 heteroatoms. The highest BCUT2D eigenvalue weighted by atomic mass is 35.5. The van der Waals surface area contributed by atoms with Crippen molar-refractivity contribution >= 4 is 39.9 Å².